The predicted molar refractivity (Wildman–Crippen MR) is 90.3 cm³/mol. The van der Waals surface area contributed by atoms with Crippen LogP contribution < -0.4 is 10.2 Å². The van der Waals surface area contributed by atoms with Crippen molar-refractivity contribution in [2.45, 2.75) is 26.3 Å². The monoisotopic (exact) mass is 316 g/mol. The number of carbonyl (C=O) groups excluding carboxylic acids is 2. The van der Waals surface area contributed by atoms with Crippen LogP contribution in [0.2, 0.25) is 0 Å². The molecule has 0 aliphatic rings. The number of nitrogens with one attached hydrogen (secondary N) is 1. The molecule has 22 heavy (non-hydrogen) atoms. The van der Waals surface area contributed by atoms with Gasteiger partial charge >= 0.3 is 0 Å². The normalized spacial score (nSPS) is 10.5. The van der Waals surface area contributed by atoms with E-state index in [-0.39, 0.29) is 24.3 Å². The minimum Gasteiger partial charge on any atom is -0.351 e. The van der Waals surface area contributed by atoms with Gasteiger partial charge in [-0.05, 0) is 37.4 Å². The van der Waals surface area contributed by atoms with Crippen LogP contribution in [0, 0.1) is 0 Å². The predicted octanol–water partition coefficient (Wildman–Crippen LogP) is 3.31. The van der Waals surface area contributed by atoms with E-state index in [0.29, 0.717) is 11.4 Å². The molecule has 2 aromatic rings. The maximum absolute atomic E-state index is 12.4. The minimum atomic E-state index is -0.126. The lowest BCUT2D eigenvalue weighted by Gasteiger charge is -2.27. The van der Waals surface area contributed by atoms with Gasteiger partial charge in [0.05, 0.1) is 4.88 Å². The first-order chi connectivity index (χ1) is 10.6. The molecule has 0 fully saturated rings. The molecule has 1 aromatic heterocycles. The summed E-state index contributed by atoms with van der Waals surface area (Å²) in [7, 11) is 0. The van der Waals surface area contributed by atoms with Gasteiger partial charge in [-0.3, -0.25) is 9.59 Å². The van der Waals surface area contributed by atoms with Crippen LogP contribution in [-0.4, -0.2) is 24.4 Å². The topological polar surface area (TPSA) is 49.4 Å². The Labute approximate surface area is 134 Å². The average molecular weight is 316 g/mol. The molecule has 0 spiro atoms. The Kier molecular flexibility index (Phi) is 5.72. The van der Waals surface area contributed by atoms with Crippen molar-refractivity contribution >= 4 is 28.8 Å². The van der Waals surface area contributed by atoms with Gasteiger partial charge in [0.1, 0.15) is 0 Å². The number of anilines is 1. The zero-order chi connectivity index (χ0) is 15.9. The lowest BCUT2D eigenvalue weighted by atomic mass is 10.2. The van der Waals surface area contributed by atoms with Gasteiger partial charge in [0.25, 0.3) is 5.91 Å². The maximum atomic E-state index is 12.4. The van der Waals surface area contributed by atoms with Crippen molar-refractivity contribution in [3.63, 3.8) is 0 Å². The van der Waals surface area contributed by atoms with Gasteiger partial charge in [0.2, 0.25) is 5.91 Å². The fourth-order valence-corrected chi connectivity index (χ4v) is 2.86. The Morgan fingerprint density at radius 3 is 2.45 bits per heavy atom. The summed E-state index contributed by atoms with van der Waals surface area (Å²) in [4.78, 5) is 26.7. The molecule has 1 heterocycles. The van der Waals surface area contributed by atoms with E-state index in [4.69, 9.17) is 0 Å². The number of rotatable bonds is 6. The molecule has 0 saturated heterocycles. The largest absolute Gasteiger partial charge is 0.351 e. The third-order valence-electron chi connectivity index (χ3n) is 3.19. The standard InChI is InChI=1S/C17H20N2O2S/c1-13(2)19(14-7-4-3-5-8-14)16(20)10-11-18-17(21)15-9-6-12-22-15/h3-9,12-13H,10-11H2,1-2H3,(H,18,21). The van der Waals surface area contributed by atoms with Crippen LogP contribution in [0.1, 0.15) is 29.9 Å². The number of para-hydroxylation sites is 1. The van der Waals surface area contributed by atoms with Crippen molar-refractivity contribution in [1.29, 1.82) is 0 Å². The molecular formula is C17H20N2O2S. The van der Waals surface area contributed by atoms with Gasteiger partial charge in [0, 0.05) is 24.7 Å². The molecule has 4 nitrogen and oxygen atoms in total. The van der Waals surface area contributed by atoms with Crippen molar-refractivity contribution < 1.29 is 9.59 Å². The molecule has 5 heteroatoms. The van der Waals surface area contributed by atoms with E-state index in [0.717, 1.165) is 5.69 Å². The molecule has 116 valence electrons. The summed E-state index contributed by atoms with van der Waals surface area (Å²) in [6.07, 6.45) is 0.282. The van der Waals surface area contributed by atoms with Crippen LogP contribution >= 0.6 is 11.3 Å². The van der Waals surface area contributed by atoms with Crippen molar-refractivity contribution in [3.05, 3.63) is 52.7 Å². The molecular weight excluding hydrogens is 296 g/mol. The number of nitrogens with zero attached hydrogens (tertiary/aromatic N) is 1. The van der Waals surface area contributed by atoms with Crippen LogP contribution in [0.4, 0.5) is 5.69 Å². The highest BCUT2D eigenvalue weighted by Gasteiger charge is 2.18. The summed E-state index contributed by atoms with van der Waals surface area (Å²) in [6, 6.07) is 13.3. The number of hydrogen-bond acceptors (Lipinski definition) is 3. The highest BCUT2D eigenvalue weighted by Crippen LogP contribution is 2.17. The molecule has 0 unspecified atom stereocenters. The molecule has 0 bridgehead atoms. The second-order valence-corrected chi connectivity index (χ2v) is 6.12. The Bertz CT molecular complexity index is 609. The van der Waals surface area contributed by atoms with Gasteiger partial charge in [-0.2, -0.15) is 0 Å². The third-order valence-corrected chi connectivity index (χ3v) is 4.06. The van der Waals surface area contributed by atoms with Gasteiger partial charge in [-0.1, -0.05) is 24.3 Å². The van der Waals surface area contributed by atoms with Crippen LogP contribution in [0.3, 0.4) is 0 Å². The average Bonchev–Trinajstić information content (AvgIpc) is 3.02. The molecule has 0 saturated carbocycles. The van der Waals surface area contributed by atoms with Gasteiger partial charge < -0.3 is 10.2 Å². The summed E-state index contributed by atoms with van der Waals surface area (Å²) < 4.78 is 0. The van der Waals surface area contributed by atoms with Gasteiger partial charge in [-0.15, -0.1) is 11.3 Å². The zero-order valence-corrected chi connectivity index (χ0v) is 13.6. The molecule has 0 radical (unpaired) electrons. The van der Waals surface area contributed by atoms with Crippen LogP contribution in [0.5, 0.6) is 0 Å². The fourth-order valence-electron chi connectivity index (χ4n) is 2.22. The van der Waals surface area contributed by atoms with Gasteiger partial charge in [-0.25, -0.2) is 0 Å². The van der Waals surface area contributed by atoms with Crippen molar-refractivity contribution in [3.8, 4) is 0 Å². The smallest absolute Gasteiger partial charge is 0.261 e. The summed E-state index contributed by atoms with van der Waals surface area (Å²) in [6.45, 7) is 4.30. The SMILES string of the molecule is CC(C)N(C(=O)CCNC(=O)c1cccs1)c1ccccc1. The number of carbonyl (C=O) groups is 2. The molecule has 0 atom stereocenters. The zero-order valence-electron chi connectivity index (χ0n) is 12.8. The lowest BCUT2D eigenvalue weighted by molar-refractivity contribution is -0.118. The number of amides is 2. The second kappa shape index (κ2) is 7.75. The first-order valence-electron chi connectivity index (χ1n) is 7.28. The van der Waals surface area contributed by atoms with Gasteiger partial charge in [0.15, 0.2) is 0 Å². The highest BCUT2D eigenvalue weighted by molar-refractivity contribution is 7.12. The molecule has 1 aromatic carbocycles. The number of hydrogen-bond donors (Lipinski definition) is 1. The molecule has 0 aliphatic carbocycles. The highest BCUT2D eigenvalue weighted by atomic mass is 32.1. The van der Waals surface area contributed by atoms with Crippen molar-refractivity contribution in [2.24, 2.45) is 0 Å². The molecule has 2 amide bonds. The van der Waals surface area contributed by atoms with E-state index in [1.807, 2.05) is 55.6 Å². The van der Waals surface area contributed by atoms with Crippen LogP contribution in [-0.2, 0) is 4.79 Å². The van der Waals surface area contributed by atoms with E-state index in [1.165, 1.54) is 11.3 Å². The molecule has 2 rings (SSSR count). The minimum absolute atomic E-state index is 0.00711. The summed E-state index contributed by atoms with van der Waals surface area (Å²) in [5.41, 5.74) is 0.882. The molecule has 0 aliphatic heterocycles. The maximum Gasteiger partial charge on any atom is 0.261 e. The summed E-state index contributed by atoms with van der Waals surface area (Å²) >= 11 is 1.39. The van der Waals surface area contributed by atoms with E-state index in [2.05, 4.69) is 5.32 Å². The number of thiophene rings is 1. The van der Waals surface area contributed by atoms with E-state index in [1.54, 1.807) is 11.0 Å². The Hall–Kier alpha value is -2.14. The fraction of sp³-hybridized carbons (Fsp3) is 0.294. The summed E-state index contributed by atoms with van der Waals surface area (Å²) in [5, 5.41) is 4.64. The first-order valence-corrected chi connectivity index (χ1v) is 8.16. The Balaban J connectivity index is 1.91. The quantitative estimate of drug-likeness (QED) is 0.889. The first kappa shape index (κ1) is 16.2. The second-order valence-electron chi connectivity index (χ2n) is 5.18. The van der Waals surface area contributed by atoms with E-state index in [9.17, 15) is 9.59 Å². The van der Waals surface area contributed by atoms with Crippen LogP contribution in [0.15, 0.2) is 47.8 Å². The summed E-state index contributed by atoms with van der Waals surface area (Å²) in [5.74, 6) is -0.119. The Morgan fingerprint density at radius 1 is 1.14 bits per heavy atom. The van der Waals surface area contributed by atoms with Crippen molar-refractivity contribution in [2.75, 3.05) is 11.4 Å². The third kappa shape index (κ3) is 4.18. The molecule has 1 N–H and O–H groups in total. The van der Waals surface area contributed by atoms with Crippen LogP contribution in [0.25, 0.3) is 0 Å². The van der Waals surface area contributed by atoms with E-state index < -0.39 is 0 Å². The lowest BCUT2D eigenvalue weighted by Crippen LogP contribution is -2.39. The number of benzene rings is 1. The van der Waals surface area contributed by atoms with Crippen molar-refractivity contribution in [1.82, 2.24) is 5.32 Å². The van der Waals surface area contributed by atoms with E-state index >= 15 is 0 Å². The Morgan fingerprint density at radius 2 is 1.86 bits per heavy atom.